The van der Waals surface area contributed by atoms with Gasteiger partial charge in [0.15, 0.2) is 0 Å². The minimum Gasteiger partial charge on any atom is -0.0683 e. The standard InChI is InChI=1S/C8H10.C2H6.V/c1-7-5-3-4-6-8(7)2;1-2;/h3-6H,1-2H3;1-2H3;. The molecule has 1 aromatic carbocycles. The van der Waals surface area contributed by atoms with Crippen LogP contribution in [0.15, 0.2) is 24.3 Å². The minimum absolute atomic E-state index is 0. The van der Waals surface area contributed by atoms with Gasteiger partial charge in [0.2, 0.25) is 0 Å². The first-order chi connectivity index (χ1) is 4.80. The van der Waals surface area contributed by atoms with Gasteiger partial charge in [0.1, 0.15) is 0 Å². The fourth-order valence-electron chi connectivity index (χ4n) is 0.663. The van der Waals surface area contributed by atoms with E-state index < -0.39 is 0 Å². The van der Waals surface area contributed by atoms with E-state index in [4.69, 9.17) is 0 Å². The second kappa shape index (κ2) is 7.91. The molecule has 0 saturated heterocycles. The summed E-state index contributed by atoms with van der Waals surface area (Å²) in [5, 5.41) is 0. The van der Waals surface area contributed by atoms with E-state index in [1.165, 1.54) is 11.1 Å². The van der Waals surface area contributed by atoms with Crippen molar-refractivity contribution in [3.05, 3.63) is 35.4 Å². The average molecular weight is 187 g/mol. The zero-order valence-electron chi connectivity index (χ0n) is 7.76. The number of hydrogen-bond donors (Lipinski definition) is 0. The molecule has 11 heavy (non-hydrogen) atoms. The van der Waals surface area contributed by atoms with Crippen molar-refractivity contribution in [3.63, 3.8) is 0 Å². The second-order valence-electron chi connectivity index (χ2n) is 2.08. The molecule has 0 saturated carbocycles. The van der Waals surface area contributed by atoms with Crippen LogP contribution in [0.4, 0.5) is 0 Å². The van der Waals surface area contributed by atoms with Gasteiger partial charge in [0.05, 0.1) is 0 Å². The Morgan fingerprint density at radius 3 is 1.27 bits per heavy atom. The van der Waals surface area contributed by atoms with Crippen LogP contribution in [-0.4, -0.2) is 0 Å². The van der Waals surface area contributed by atoms with Gasteiger partial charge in [-0.05, 0) is 25.0 Å². The smallest absolute Gasteiger partial charge is 0 e. The summed E-state index contributed by atoms with van der Waals surface area (Å²) in [5.74, 6) is 0. The molecular formula is C10H16V. The summed E-state index contributed by atoms with van der Waals surface area (Å²) in [6.07, 6.45) is 0. The van der Waals surface area contributed by atoms with Crippen LogP contribution in [0.5, 0.6) is 0 Å². The molecule has 0 amide bonds. The van der Waals surface area contributed by atoms with Gasteiger partial charge in [-0.3, -0.25) is 0 Å². The Bertz CT molecular complexity index is 161. The molecular weight excluding hydrogens is 171 g/mol. The molecule has 61 valence electrons. The van der Waals surface area contributed by atoms with Crippen molar-refractivity contribution in [3.8, 4) is 0 Å². The molecule has 0 heterocycles. The van der Waals surface area contributed by atoms with Gasteiger partial charge in [-0.25, -0.2) is 0 Å². The van der Waals surface area contributed by atoms with Crippen LogP contribution in [0.2, 0.25) is 0 Å². The third-order valence-corrected chi connectivity index (χ3v) is 1.43. The molecule has 0 bridgehead atoms. The van der Waals surface area contributed by atoms with Crippen LogP contribution < -0.4 is 0 Å². The van der Waals surface area contributed by atoms with Crippen LogP contribution in [0.3, 0.4) is 0 Å². The molecule has 1 aromatic rings. The van der Waals surface area contributed by atoms with Crippen molar-refractivity contribution in [2.24, 2.45) is 0 Å². The zero-order chi connectivity index (χ0) is 7.98. The Labute approximate surface area is 81.9 Å². The van der Waals surface area contributed by atoms with Gasteiger partial charge in [0.25, 0.3) is 0 Å². The number of hydrogen-bond acceptors (Lipinski definition) is 0. The summed E-state index contributed by atoms with van der Waals surface area (Å²) in [4.78, 5) is 0. The fourth-order valence-corrected chi connectivity index (χ4v) is 0.663. The van der Waals surface area contributed by atoms with E-state index in [-0.39, 0.29) is 18.6 Å². The molecule has 0 aliphatic rings. The van der Waals surface area contributed by atoms with E-state index >= 15 is 0 Å². The molecule has 0 aliphatic carbocycles. The maximum absolute atomic E-state index is 2.12. The summed E-state index contributed by atoms with van der Waals surface area (Å²) in [5.41, 5.74) is 2.74. The van der Waals surface area contributed by atoms with Crippen molar-refractivity contribution in [2.45, 2.75) is 27.7 Å². The van der Waals surface area contributed by atoms with E-state index in [9.17, 15) is 0 Å². The molecule has 0 spiro atoms. The van der Waals surface area contributed by atoms with Gasteiger partial charge < -0.3 is 0 Å². The quantitative estimate of drug-likeness (QED) is 0.584. The summed E-state index contributed by atoms with van der Waals surface area (Å²) in [7, 11) is 0. The van der Waals surface area contributed by atoms with Crippen molar-refractivity contribution >= 4 is 0 Å². The Morgan fingerprint density at radius 1 is 0.818 bits per heavy atom. The normalized spacial score (nSPS) is 7.27. The van der Waals surface area contributed by atoms with Crippen LogP contribution in [-0.2, 0) is 18.6 Å². The Hall–Kier alpha value is -0.196. The van der Waals surface area contributed by atoms with Crippen LogP contribution in [0, 0.1) is 13.8 Å². The van der Waals surface area contributed by atoms with Crippen molar-refractivity contribution < 1.29 is 18.6 Å². The first kappa shape index (κ1) is 13.4. The van der Waals surface area contributed by atoms with E-state index in [2.05, 4.69) is 38.1 Å². The largest absolute Gasteiger partial charge is 0.0683 e. The van der Waals surface area contributed by atoms with Gasteiger partial charge in [-0.15, -0.1) is 0 Å². The van der Waals surface area contributed by atoms with Crippen LogP contribution in [0.1, 0.15) is 25.0 Å². The van der Waals surface area contributed by atoms with E-state index in [1.54, 1.807) is 0 Å². The van der Waals surface area contributed by atoms with Crippen molar-refractivity contribution in [1.29, 1.82) is 0 Å². The van der Waals surface area contributed by atoms with Gasteiger partial charge in [-0.2, -0.15) is 0 Å². The molecule has 0 aromatic heterocycles. The van der Waals surface area contributed by atoms with Gasteiger partial charge in [-0.1, -0.05) is 38.1 Å². The monoisotopic (exact) mass is 187 g/mol. The Kier molecular flexibility index (Phi) is 9.63. The predicted octanol–water partition coefficient (Wildman–Crippen LogP) is 3.33. The molecule has 0 unspecified atom stereocenters. The molecule has 0 aliphatic heterocycles. The van der Waals surface area contributed by atoms with Crippen molar-refractivity contribution in [1.82, 2.24) is 0 Å². The zero-order valence-corrected chi connectivity index (χ0v) is 9.15. The molecule has 1 heteroatoms. The Morgan fingerprint density at radius 2 is 1.09 bits per heavy atom. The SMILES string of the molecule is CC.Cc1ccccc1C.[V]. The number of benzene rings is 1. The third-order valence-electron chi connectivity index (χ3n) is 1.43. The average Bonchev–Trinajstić information content (AvgIpc) is 2.00. The van der Waals surface area contributed by atoms with Gasteiger partial charge >= 0.3 is 0 Å². The first-order valence-electron chi connectivity index (χ1n) is 3.83. The third kappa shape index (κ3) is 5.12. The fraction of sp³-hybridized carbons (Fsp3) is 0.400. The molecule has 1 rings (SSSR count). The van der Waals surface area contributed by atoms with Crippen LogP contribution >= 0.6 is 0 Å². The molecule has 1 radical (unpaired) electrons. The van der Waals surface area contributed by atoms with E-state index in [0.717, 1.165) is 0 Å². The molecule has 0 N–H and O–H groups in total. The maximum atomic E-state index is 2.12. The summed E-state index contributed by atoms with van der Waals surface area (Å²) < 4.78 is 0. The molecule has 0 atom stereocenters. The maximum Gasteiger partial charge on any atom is 0 e. The second-order valence-corrected chi connectivity index (χ2v) is 2.08. The topological polar surface area (TPSA) is 0 Å². The van der Waals surface area contributed by atoms with E-state index in [1.807, 2.05) is 13.8 Å². The number of aryl methyl sites for hydroxylation is 2. The summed E-state index contributed by atoms with van der Waals surface area (Å²) in [6, 6.07) is 8.36. The molecule has 0 nitrogen and oxygen atoms in total. The number of rotatable bonds is 0. The predicted molar refractivity (Wildman–Crippen MR) is 47.3 cm³/mol. The molecule has 0 fully saturated rings. The minimum atomic E-state index is 0. The van der Waals surface area contributed by atoms with Gasteiger partial charge in [0, 0.05) is 18.6 Å². The van der Waals surface area contributed by atoms with Crippen LogP contribution in [0.25, 0.3) is 0 Å². The first-order valence-corrected chi connectivity index (χ1v) is 3.83. The van der Waals surface area contributed by atoms with Crippen molar-refractivity contribution in [2.75, 3.05) is 0 Å². The summed E-state index contributed by atoms with van der Waals surface area (Å²) >= 11 is 0. The summed E-state index contributed by atoms with van der Waals surface area (Å²) in [6.45, 7) is 8.24. The van der Waals surface area contributed by atoms with E-state index in [0.29, 0.717) is 0 Å². The Balaban J connectivity index is 0.